The van der Waals surface area contributed by atoms with E-state index in [0.717, 1.165) is 0 Å². The highest BCUT2D eigenvalue weighted by Gasteiger charge is 2.24. The molecule has 0 bridgehead atoms. The molecule has 2 aromatic carbocycles. The molecule has 178 valence electrons. The topological polar surface area (TPSA) is 152 Å². The summed E-state index contributed by atoms with van der Waals surface area (Å²) in [5, 5.41) is 16.3. The monoisotopic (exact) mass is 531 g/mol. The van der Waals surface area contributed by atoms with Crippen LogP contribution >= 0.6 is 15.9 Å². The second-order valence-electron chi connectivity index (χ2n) is 8.29. The lowest BCUT2D eigenvalue weighted by atomic mass is 9.95. The number of hydrogen-bond donors (Lipinski definition) is 1. The summed E-state index contributed by atoms with van der Waals surface area (Å²) < 4.78 is 12.3. The molecule has 0 aliphatic heterocycles. The maximum Gasteiger partial charge on any atom is 0.315 e. The predicted molar refractivity (Wildman–Crippen MR) is 130 cm³/mol. The van der Waals surface area contributed by atoms with Gasteiger partial charge in [0.25, 0.3) is 11.5 Å². The number of nitro benzene ring substituents is 1. The molecule has 0 unspecified atom stereocenters. The first-order valence-corrected chi connectivity index (χ1v) is 10.8. The van der Waals surface area contributed by atoms with Gasteiger partial charge in [-0.25, -0.2) is 4.98 Å². The number of amides is 1. The van der Waals surface area contributed by atoms with E-state index < -0.39 is 34.1 Å². The fourth-order valence-electron chi connectivity index (χ4n) is 3.12. The van der Waals surface area contributed by atoms with Crippen LogP contribution in [0.1, 0.15) is 32.2 Å². The Morgan fingerprint density at radius 1 is 1.32 bits per heavy atom. The summed E-state index contributed by atoms with van der Waals surface area (Å²) in [4.78, 5) is 39.9. The van der Waals surface area contributed by atoms with E-state index in [1.807, 2.05) is 20.8 Å². The maximum absolute atomic E-state index is 13.3. The van der Waals surface area contributed by atoms with E-state index in [1.54, 1.807) is 18.2 Å². The number of carbonyl (C=O) groups excluding carboxylic acids is 1. The quantitative estimate of drug-likeness (QED) is 0.279. The number of benzene rings is 2. The Morgan fingerprint density at radius 2 is 2.03 bits per heavy atom. The average molecular weight is 532 g/mol. The van der Waals surface area contributed by atoms with E-state index >= 15 is 0 Å². The van der Waals surface area contributed by atoms with Crippen molar-refractivity contribution in [2.75, 3.05) is 13.7 Å². The van der Waals surface area contributed by atoms with Gasteiger partial charge in [-0.2, -0.15) is 9.78 Å². The van der Waals surface area contributed by atoms with Gasteiger partial charge in [0.05, 0.1) is 29.2 Å². The van der Waals surface area contributed by atoms with E-state index in [4.69, 9.17) is 15.2 Å². The molecule has 0 saturated carbocycles. The number of carbonyl (C=O) groups is 1. The largest absolute Gasteiger partial charge is 0.493 e. The van der Waals surface area contributed by atoms with Crippen LogP contribution in [0.3, 0.4) is 0 Å². The molecule has 12 heteroatoms. The molecule has 0 fully saturated rings. The van der Waals surface area contributed by atoms with Gasteiger partial charge >= 0.3 is 5.69 Å². The number of fused-ring (bicyclic) bond motifs is 1. The van der Waals surface area contributed by atoms with Crippen LogP contribution in [0, 0.1) is 10.1 Å². The van der Waals surface area contributed by atoms with Gasteiger partial charge in [0.15, 0.2) is 12.4 Å². The van der Waals surface area contributed by atoms with Crippen LogP contribution in [-0.2, 0) is 10.2 Å². The third kappa shape index (κ3) is 5.22. The number of hydrogen-bond acceptors (Lipinski definition) is 8. The van der Waals surface area contributed by atoms with Gasteiger partial charge in [-0.15, -0.1) is 0 Å². The van der Waals surface area contributed by atoms with Crippen molar-refractivity contribution in [3.63, 3.8) is 0 Å². The standard InChI is InChI=1S/C22H22BrN5O6/c1-22(2,3)21-26-15-6-5-13(23)9-14(15)20(30)27(21)25-10-12-7-16(28(31)32)19(17(8-12)33-4)34-11-18(24)29/h5-10H,11H2,1-4H3,(H2,24,29). The van der Waals surface area contributed by atoms with Gasteiger partial charge in [-0.05, 0) is 24.3 Å². The average Bonchev–Trinajstić information content (AvgIpc) is 2.76. The van der Waals surface area contributed by atoms with Crippen LogP contribution in [0.5, 0.6) is 11.5 Å². The van der Waals surface area contributed by atoms with Crippen molar-refractivity contribution in [2.24, 2.45) is 10.8 Å². The van der Waals surface area contributed by atoms with Crippen molar-refractivity contribution in [3.05, 3.63) is 66.7 Å². The fourth-order valence-corrected chi connectivity index (χ4v) is 3.49. The lowest BCUT2D eigenvalue weighted by Crippen LogP contribution is -2.29. The molecule has 34 heavy (non-hydrogen) atoms. The van der Waals surface area contributed by atoms with Gasteiger partial charge in [-0.1, -0.05) is 36.7 Å². The fraction of sp³-hybridized carbons (Fsp3) is 0.273. The smallest absolute Gasteiger partial charge is 0.315 e. The lowest BCUT2D eigenvalue weighted by Gasteiger charge is -2.20. The molecule has 0 spiro atoms. The molecule has 0 aliphatic rings. The van der Waals surface area contributed by atoms with Crippen molar-refractivity contribution < 1.29 is 19.2 Å². The third-order valence-electron chi connectivity index (χ3n) is 4.63. The minimum atomic E-state index is -0.800. The highest BCUT2D eigenvalue weighted by atomic mass is 79.9. The first kappa shape index (κ1) is 24.8. The van der Waals surface area contributed by atoms with E-state index in [2.05, 4.69) is 26.0 Å². The number of nitro groups is 1. The number of methoxy groups -OCH3 is 1. The first-order valence-electron chi connectivity index (χ1n) is 9.97. The summed E-state index contributed by atoms with van der Waals surface area (Å²) in [6, 6.07) is 7.81. The zero-order valence-electron chi connectivity index (χ0n) is 18.9. The van der Waals surface area contributed by atoms with Gasteiger partial charge in [0.2, 0.25) is 5.75 Å². The summed E-state index contributed by atoms with van der Waals surface area (Å²) >= 11 is 3.36. The van der Waals surface area contributed by atoms with Crippen LogP contribution < -0.4 is 20.8 Å². The summed E-state index contributed by atoms with van der Waals surface area (Å²) in [6.45, 7) is 5.12. The number of nitrogens with two attached hydrogens (primary N) is 1. The molecule has 1 amide bonds. The zero-order chi connectivity index (χ0) is 25.2. The van der Waals surface area contributed by atoms with Crippen LogP contribution in [0.15, 0.2) is 44.7 Å². The Morgan fingerprint density at radius 3 is 2.62 bits per heavy atom. The zero-order valence-corrected chi connectivity index (χ0v) is 20.5. The highest BCUT2D eigenvalue weighted by Crippen LogP contribution is 2.38. The van der Waals surface area contributed by atoms with Gasteiger partial charge in [0.1, 0.15) is 5.82 Å². The molecule has 3 rings (SSSR count). The van der Waals surface area contributed by atoms with Crippen LogP contribution in [0.2, 0.25) is 0 Å². The molecule has 11 nitrogen and oxygen atoms in total. The third-order valence-corrected chi connectivity index (χ3v) is 5.13. The number of primary amides is 1. The summed E-state index contributed by atoms with van der Waals surface area (Å²) in [5.74, 6) is -0.632. The minimum Gasteiger partial charge on any atom is -0.493 e. The number of ether oxygens (including phenoxy) is 2. The van der Waals surface area contributed by atoms with Gasteiger partial charge in [-0.3, -0.25) is 19.7 Å². The maximum atomic E-state index is 13.3. The number of rotatable bonds is 7. The molecule has 1 aromatic heterocycles. The van der Waals surface area contributed by atoms with Crippen molar-refractivity contribution in [1.29, 1.82) is 0 Å². The SMILES string of the molecule is COc1cc(C=Nn2c(C(C)(C)C)nc3ccc(Br)cc3c2=O)cc([N+](=O)[O-])c1OCC(N)=O. The number of aromatic nitrogens is 2. The second kappa shape index (κ2) is 9.59. The van der Waals surface area contributed by atoms with Crippen molar-refractivity contribution >= 4 is 44.6 Å². The summed E-state index contributed by atoms with van der Waals surface area (Å²) in [5.41, 5.74) is 4.48. The van der Waals surface area contributed by atoms with Gasteiger partial charge < -0.3 is 15.2 Å². The summed E-state index contributed by atoms with van der Waals surface area (Å²) in [6.07, 6.45) is 1.29. The molecule has 0 radical (unpaired) electrons. The Bertz CT molecular complexity index is 1380. The molecule has 0 saturated heterocycles. The van der Waals surface area contributed by atoms with E-state index in [9.17, 15) is 19.7 Å². The Balaban J connectivity index is 2.18. The van der Waals surface area contributed by atoms with Crippen LogP contribution in [0.4, 0.5) is 5.69 Å². The number of halogens is 1. The minimum absolute atomic E-state index is 0.000795. The Hall–Kier alpha value is -3.80. The van der Waals surface area contributed by atoms with Crippen molar-refractivity contribution in [3.8, 4) is 11.5 Å². The Kier molecular flexibility index (Phi) is 7.01. The highest BCUT2D eigenvalue weighted by molar-refractivity contribution is 9.10. The number of nitrogens with zero attached hydrogens (tertiary/aromatic N) is 4. The van der Waals surface area contributed by atoms with E-state index in [1.165, 1.54) is 30.1 Å². The molecular formula is C22H22BrN5O6. The molecular weight excluding hydrogens is 510 g/mol. The predicted octanol–water partition coefficient (Wildman–Crippen LogP) is 3.12. The molecule has 0 aliphatic carbocycles. The van der Waals surface area contributed by atoms with Crippen LogP contribution in [0.25, 0.3) is 10.9 Å². The second-order valence-corrected chi connectivity index (χ2v) is 9.21. The molecule has 0 atom stereocenters. The van der Waals surface area contributed by atoms with E-state index in [-0.39, 0.29) is 17.1 Å². The Labute approximate surface area is 202 Å². The lowest BCUT2D eigenvalue weighted by molar-refractivity contribution is -0.385. The normalized spacial score (nSPS) is 11.7. The van der Waals surface area contributed by atoms with Crippen LogP contribution in [-0.4, -0.2) is 40.4 Å². The molecule has 1 heterocycles. The first-order chi connectivity index (χ1) is 15.9. The molecule has 2 N–H and O–H groups in total. The van der Waals surface area contributed by atoms with Gasteiger partial charge in [0, 0.05) is 21.5 Å². The van der Waals surface area contributed by atoms with Crippen molar-refractivity contribution in [2.45, 2.75) is 26.2 Å². The summed E-state index contributed by atoms with van der Waals surface area (Å²) in [7, 11) is 1.30. The van der Waals surface area contributed by atoms with Crippen molar-refractivity contribution in [1.82, 2.24) is 9.66 Å². The van der Waals surface area contributed by atoms with E-state index in [0.29, 0.717) is 21.2 Å². The molecule has 3 aromatic rings.